The van der Waals surface area contributed by atoms with Crippen LogP contribution < -0.4 is 11.0 Å². The standard InChI is InChI=1S/C28H35N3O4Si/c1-27(2,3)36(4,5)35-20-28(22-14-10-7-11-15-22)18-24(34-19-28)31-17-16-23(30-26(31)33)29-25(32)21-12-8-6-9-13-21/h6-17,24H,18-20H2,1-5H3,(H,29,30,32,33)/t24-,28-/m1/s1. The van der Waals surface area contributed by atoms with Crippen molar-refractivity contribution in [2.24, 2.45) is 0 Å². The smallest absolute Gasteiger partial charge is 0.351 e. The molecule has 0 aliphatic carbocycles. The minimum Gasteiger partial charge on any atom is -0.416 e. The van der Waals surface area contributed by atoms with E-state index in [1.165, 1.54) is 4.57 Å². The first-order valence-corrected chi connectivity index (χ1v) is 15.2. The van der Waals surface area contributed by atoms with E-state index in [-0.39, 0.29) is 22.2 Å². The Bertz CT molecular complexity index is 1260. The highest BCUT2D eigenvalue weighted by Crippen LogP contribution is 2.43. The number of rotatable bonds is 7. The van der Waals surface area contributed by atoms with Gasteiger partial charge in [0.05, 0.1) is 6.61 Å². The normalized spacial score (nSPS) is 20.3. The molecule has 0 spiro atoms. The van der Waals surface area contributed by atoms with Crippen molar-refractivity contribution in [3.63, 3.8) is 0 Å². The molecule has 1 amide bonds. The fraction of sp³-hybridized carbons (Fsp3) is 0.393. The molecule has 1 aromatic heterocycles. The number of nitrogens with one attached hydrogen (secondary N) is 1. The third-order valence-electron chi connectivity index (χ3n) is 7.44. The number of carbonyl (C=O) groups is 1. The summed E-state index contributed by atoms with van der Waals surface area (Å²) in [6, 6.07) is 20.7. The molecule has 1 N–H and O–H groups in total. The Kier molecular flexibility index (Phi) is 7.31. The van der Waals surface area contributed by atoms with Crippen LogP contribution in [-0.2, 0) is 14.6 Å². The van der Waals surface area contributed by atoms with E-state index in [0.29, 0.717) is 25.2 Å². The van der Waals surface area contributed by atoms with E-state index in [0.717, 1.165) is 5.56 Å². The van der Waals surface area contributed by atoms with Gasteiger partial charge in [0.15, 0.2) is 8.32 Å². The SMILES string of the molecule is CC(C)(C)[Si](C)(C)OC[C@]1(c2ccccc2)CO[C@@H](n2ccc(NC(=O)c3ccccc3)nc2=O)C1. The molecule has 0 saturated carbocycles. The molecule has 7 nitrogen and oxygen atoms in total. The molecular formula is C28H35N3O4Si. The number of carbonyl (C=O) groups excluding carboxylic acids is 1. The Hall–Kier alpha value is -3.07. The average molecular weight is 506 g/mol. The molecule has 8 heteroatoms. The van der Waals surface area contributed by atoms with E-state index in [9.17, 15) is 9.59 Å². The van der Waals surface area contributed by atoms with Crippen molar-refractivity contribution in [2.45, 2.75) is 57.0 Å². The van der Waals surface area contributed by atoms with Crippen LogP contribution in [0.5, 0.6) is 0 Å². The van der Waals surface area contributed by atoms with Gasteiger partial charge in [0.25, 0.3) is 5.91 Å². The maximum atomic E-state index is 12.9. The Morgan fingerprint density at radius 2 is 1.75 bits per heavy atom. The molecule has 2 heterocycles. The van der Waals surface area contributed by atoms with Crippen molar-refractivity contribution < 1.29 is 14.0 Å². The molecule has 36 heavy (non-hydrogen) atoms. The van der Waals surface area contributed by atoms with Crippen molar-refractivity contribution >= 4 is 20.0 Å². The third kappa shape index (κ3) is 5.51. The van der Waals surface area contributed by atoms with E-state index in [1.54, 1.807) is 36.5 Å². The number of nitrogens with zero attached hydrogens (tertiary/aromatic N) is 2. The lowest BCUT2D eigenvalue weighted by atomic mass is 9.80. The summed E-state index contributed by atoms with van der Waals surface area (Å²) < 4.78 is 14.4. The van der Waals surface area contributed by atoms with Crippen molar-refractivity contribution in [1.82, 2.24) is 9.55 Å². The summed E-state index contributed by atoms with van der Waals surface area (Å²) in [6.07, 6.45) is 1.74. The number of anilines is 1. The number of aromatic nitrogens is 2. The van der Waals surface area contributed by atoms with Crippen molar-refractivity contribution in [1.29, 1.82) is 0 Å². The van der Waals surface area contributed by atoms with Crippen molar-refractivity contribution in [3.05, 3.63) is 94.5 Å². The summed E-state index contributed by atoms with van der Waals surface area (Å²) in [4.78, 5) is 29.5. The van der Waals surface area contributed by atoms with Crippen molar-refractivity contribution in [2.75, 3.05) is 18.5 Å². The van der Waals surface area contributed by atoms with Crippen LogP contribution in [0.25, 0.3) is 0 Å². The molecule has 3 aromatic rings. The zero-order valence-corrected chi connectivity index (χ0v) is 22.7. The van der Waals surface area contributed by atoms with Gasteiger partial charge in [-0.15, -0.1) is 0 Å². The number of ether oxygens (including phenoxy) is 1. The zero-order valence-electron chi connectivity index (χ0n) is 21.7. The molecule has 0 radical (unpaired) electrons. The van der Waals surface area contributed by atoms with Gasteiger partial charge in [-0.1, -0.05) is 69.3 Å². The van der Waals surface area contributed by atoms with Gasteiger partial charge < -0.3 is 14.5 Å². The maximum absolute atomic E-state index is 12.9. The van der Waals surface area contributed by atoms with Gasteiger partial charge >= 0.3 is 5.69 Å². The fourth-order valence-electron chi connectivity index (χ4n) is 4.08. The summed E-state index contributed by atoms with van der Waals surface area (Å²) in [6.45, 7) is 12.1. The Morgan fingerprint density at radius 1 is 1.11 bits per heavy atom. The van der Waals surface area contributed by atoms with E-state index in [1.807, 2.05) is 24.3 Å². The van der Waals surface area contributed by atoms with Crippen LogP contribution >= 0.6 is 0 Å². The van der Waals surface area contributed by atoms with Crippen LogP contribution in [0, 0.1) is 0 Å². The second-order valence-electron chi connectivity index (χ2n) is 11.0. The summed E-state index contributed by atoms with van der Waals surface area (Å²) in [5.74, 6) is -0.109. The maximum Gasteiger partial charge on any atom is 0.351 e. The first-order chi connectivity index (χ1) is 17.0. The minimum atomic E-state index is -1.99. The Morgan fingerprint density at radius 3 is 2.36 bits per heavy atom. The molecule has 0 unspecified atom stereocenters. The predicted molar refractivity (Wildman–Crippen MR) is 144 cm³/mol. The van der Waals surface area contributed by atoms with E-state index in [2.05, 4.69) is 56.3 Å². The van der Waals surface area contributed by atoms with Crippen LogP contribution in [0.1, 0.15) is 49.3 Å². The van der Waals surface area contributed by atoms with Crippen LogP contribution in [0.2, 0.25) is 18.1 Å². The fourth-order valence-corrected chi connectivity index (χ4v) is 5.15. The Balaban J connectivity index is 1.54. The quantitative estimate of drug-likeness (QED) is 0.436. The highest BCUT2D eigenvalue weighted by Gasteiger charge is 2.46. The second-order valence-corrected chi connectivity index (χ2v) is 15.8. The number of benzene rings is 2. The molecule has 0 bridgehead atoms. The highest BCUT2D eigenvalue weighted by molar-refractivity contribution is 6.74. The summed E-state index contributed by atoms with van der Waals surface area (Å²) in [5, 5.41) is 2.78. The van der Waals surface area contributed by atoms with Gasteiger partial charge in [0.1, 0.15) is 12.0 Å². The first-order valence-electron chi connectivity index (χ1n) is 12.3. The van der Waals surface area contributed by atoms with Crippen LogP contribution in [-0.4, -0.2) is 37.0 Å². The second kappa shape index (κ2) is 10.1. The average Bonchev–Trinajstić information content (AvgIpc) is 3.29. The largest absolute Gasteiger partial charge is 0.416 e. The van der Waals surface area contributed by atoms with Gasteiger partial charge in [-0.25, -0.2) is 4.79 Å². The van der Waals surface area contributed by atoms with E-state index >= 15 is 0 Å². The van der Waals surface area contributed by atoms with Gasteiger partial charge in [0.2, 0.25) is 0 Å². The topological polar surface area (TPSA) is 82.4 Å². The molecule has 1 aliphatic heterocycles. The molecule has 2 atom stereocenters. The van der Waals surface area contributed by atoms with E-state index < -0.39 is 20.2 Å². The summed E-state index contributed by atoms with van der Waals surface area (Å²) >= 11 is 0. The lowest BCUT2D eigenvalue weighted by Crippen LogP contribution is -2.45. The number of hydrogen-bond donors (Lipinski definition) is 1. The van der Waals surface area contributed by atoms with Gasteiger partial charge in [-0.05, 0) is 41.9 Å². The molecule has 1 saturated heterocycles. The molecule has 1 aliphatic rings. The highest BCUT2D eigenvalue weighted by atomic mass is 28.4. The zero-order chi connectivity index (χ0) is 26.0. The van der Waals surface area contributed by atoms with Crippen LogP contribution in [0.4, 0.5) is 5.82 Å². The molecule has 1 fully saturated rings. The molecule has 190 valence electrons. The van der Waals surface area contributed by atoms with Gasteiger partial charge in [-0.2, -0.15) is 4.98 Å². The summed E-state index contributed by atoms with van der Waals surface area (Å²) in [5.41, 5.74) is 0.789. The monoisotopic (exact) mass is 505 g/mol. The first kappa shape index (κ1) is 26.0. The van der Waals surface area contributed by atoms with Gasteiger partial charge in [0, 0.05) is 30.2 Å². The molecule has 4 rings (SSSR count). The predicted octanol–water partition coefficient (Wildman–Crippen LogP) is 5.37. The van der Waals surface area contributed by atoms with Crippen molar-refractivity contribution in [3.8, 4) is 0 Å². The minimum absolute atomic E-state index is 0.0879. The Labute approximate surface area is 213 Å². The number of amides is 1. The number of hydrogen-bond acceptors (Lipinski definition) is 5. The van der Waals surface area contributed by atoms with Gasteiger partial charge in [-0.3, -0.25) is 9.36 Å². The third-order valence-corrected chi connectivity index (χ3v) is 11.9. The summed E-state index contributed by atoms with van der Waals surface area (Å²) in [7, 11) is -1.99. The molecule has 2 aromatic carbocycles. The lowest BCUT2D eigenvalue weighted by Gasteiger charge is -2.39. The lowest BCUT2D eigenvalue weighted by molar-refractivity contribution is 0.0471. The molecular weight excluding hydrogens is 470 g/mol. The van der Waals surface area contributed by atoms with Crippen LogP contribution in [0.3, 0.4) is 0 Å². The van der Waals surface area contributed by atoms with Crippen LogP contribution in [0.15, 0.2) is 77.7 Å². The van der Waals surface area contributed by atoms with E-state index in [4.69, 9.17) is 9.16 Å².